The predicted molar refractivity (Wildman–Crippen MR) is 83.4 cm³/mol. The Morgan fingerprint density at radius 3 is 3.00 bits per heavy atom. The number of hydrogen-bond acceptors (Lipinski definition) is 3. The highest BCUT2D eigenvalue weighted by atomic mass is 19.1. The largest absolute Gasteiger partial charge is 0.394 e. The number of amides is 1. The van der Waals surface area contributed by atoms with Gasteiger partial charge in [0.2, 0.25) is 0 Å². The molecule has 0 unspecified atom stereocenters. The number of fused-ring (bicyclic) bond motifs is 1. The van der Waals surface area contributed by atoms with Crippen molar-refractivity contribution in [3.05, 3.63) is 53.7 Å². The third-order valence-corrected chi connectivity index (χ3v) is 3.64. The number of H-pyrrole nitrogens is 1. The lowest BCUT2D eigenvalue weighted by molar-refractivity contribution is 0.0769. The predicted octanol–water partition coefficient (Wildman–Crippen LogP) is 1.77. The molecular weight excluding hydrogens is 299 g/mol. The summed E-state index contributed by atoms with van der Waals surface area (Å²) >= 11 is 0. The van der Waals surface area contributed by atoms with E-state index in [2.05, 4.69) is 10.1 Å². The molecule has 0 spiro atoms. The molecule has 1 amide bonds. The van der Waals surface area contributed by atoms with Crippen LogP contribution >= 0.6 is 0 Å². The smallest absolute Gasteiger partial charge is 0.272 e. The van der Waals surface area contributed by atoms with E-state index in [9.17, 15) is 9.18 Å². The lowest BCUT2D eigenvalue weighted by Gasteiger charge is -2.17. The fourth-order valence-electron chi connectivity index (χ4n) is 2.56. The minimum Gasteiger partial charge on any atom is -0.394 e. The number of carbonyl (C=O) groups excluding carboxylic acids is 1. The van der Waals surface area contributed by atoms with Crippen LogP contribution in [-0.2, 0) is 13.1 Å². The van der Waals surface area contributed by atoms with Crippen LogP contribution in [0.4, 0.5) is 4.39 Å². The Hall–Kier alpha value is -2.67. The molecule has 3 aromatic rings. The first-order valence-electron chi connectivity index (χ1n) is 7.24. The summed E-state index contributed by atoms with van der Waals surface area (Å²) in [5, 5.41) is 13.8. The Balaban J connectivity index is 1.78. The fourth-order valence-corrected chi connectivity index (χ4v) is 2.56. The quantitative estimate of drug-likeness (QED) is 0.753. The van der Waals surface area contributed by atoms with Crippen molar-refractivity contribution in [2.75, 3.05) is 13.7 Å². The molecule has 0 aliphatic carbocycles. The molecule has 0 aliphatic heterocycles. The van der Waals surface area contributed by atoms with Crippen molar-refractivity contribution in [3.63, 3.8) is 0 Å². The number of carbonyl (C=O) groups is 1. The summed E-state index contributed by atoms with van der Waals surface area (Å²) in [4.78, 5) is 17.2. The van der Waals surface area contributed by atoms with Crippen molar-refractivity contribution in [1.29, 1.82) is 0 Å². The summed E-state index contributed by atoms with van der Waals surface area (Å²) in [5.41, 5.74) is 2.06. The Labute approximate surface area is 132 Å². The highest BCUT2D eigenvalue weighted by molar-refractivity contribution is 5.92. The molecule has 0 radical (unpaired) electrons. The van der Waals surface area contributed by atoms with Crippen LogP contribution in [0, 0.1) is 5.82 Å². The Bertz CT molecular complexity index is 840. The van der Waals surface area contributed by atoms with E-state index >= 15 is 0 Å². The summed E-state index contributed by atoms with van der Waals surface area (Å²) in [5.74, 6) is -0.485. The van der Waals surface area contributed by atoms with Crippen LogP contribution in [0.5, 0.6) is 0 Å². The zero-order valence-electron chi connectivity index (χ0n) is 12.7. The molecule has 0 bridgehead atoms. The van der Waals surface area contributed by atoms with Crippen LogP contribution in [0.1, 0.15) is 16.2 Å². The van der Waals surface area contributed by atoms with E-state index in [0.29, 0.717) is 12.2 Å². The van der Waals surface area contributed by atoms with Crippen LogP contribution < -0.4 is 0 Å². The number of nitrogens with one attached hydrogen (secondary N) is 1. The molecule has 7 heteroatoms. The Morgan fingerprint density at radius 2 is 2.22 bits per heavy atom. The van der Waals surface area contributed by atoms with Gasteiger partial charge >= 0.3 is 0 Å². The molecule has 3 rings (SSSR count). The van der Waals surface area contributed by atoms with Gasteiger partial charge in [-0.25, -0.2) is 4.39 Å². The van der Waals surface area contributed by atoms with Gasteiger partial charge in [0.05, 0.1) is 19.7 Å². The zero-order chi connectivity index (χ0) is 16.4. The van der Waals surface area contributed by atoms with Gasteiger partial charge in [0, 0.05) is 29.8 Å². The molecule has 2 heterocycles. The molecule has 1 aromatic carbocycles. The number of aromatic nitrogens is 3. The van der Waals surface area contributed by atoms with Crippen molar-refractivity contribution < 1.29 is 14.3 Å². The van der Waals surface area contributed by atoms with Gasteiger partial charge in [-0.3, -0.25) is 9.48 Å². The number of aliphatic hydroxyl groups excluding tert-OH is 1. The van der Waals surface area contributed by atoms with Gasteiger partial charge in [-0.05, 0) is 30.3 Å². The molecule has 0 saturated carbocycles. The second-order valence-corrected chi connectivity index (χ2v) is 5.35. The van der Waals surface area contributed by atoms with Crippen molar-refractivity contribution >= 4 is 16.8 Å². The second kappa shape index (κ2) is 6.21. The van der Waals surface area contributed by atoms with E-state index in [1.165, 1.54) is 23.0 Å². The van der Waals surface area contributed by atoms with Gasteiger partial charge in [-0.1, -0.05) is 0 Å². The van der Waals surface area contributed by atoms with Gasteiger partial charge in [0.1, 0.15) is 11.5 Å². The highest BCUT2D eigenvalue weighted by Crippen LogP contribution is 2.18. The van der Waals surface area contributed by atoms with Gasteiger partial charge in [0.15, 0.2) is 0 Å². The van der Waals surface area contributed by atoms with E-state index in [1.807, 2.05) is 6.07 Å². The molecule has 23 heavy (non-hydrogen) atoms. The SMILES string of the molecule is CN(Cc1cc2cc(F)ccc2[nH]1)C(=O)c1ccnn1CCO. The molecule has 2 aromatic heterocycles. The first kappa shape index (κ1) is 15.2. The summed E-state index contributed by atoms with van der Waals surface area (Å²) in [7, 11) is 1.69. The number of aromatic amines is 1. The molecule has 6 nitrogen and oxygen atoms in total. The number of benzene rings is 1. The standard InChI is InChI=1S/C16H17FN4O2/c1-20(16(23)15-4-5-18-21(15)6-7-22)10-13-9-11-8-12(17)2-3-14(11)19-13/h2-5,8-9,19,22H,6-7,10H2,1H3. The summed E-state index contributed by atoms with van der Waals surface area (Å²) < 4.78 is 14.7. The number of hydrogen-bond donors (Lipinski definition) is 2. The fraction of sp³-hybridized carbons (Fsp3) is 0.250. The maximum absolute atomic E-state index is 13.2. The zero-order valence-corrected chi connectivity index (χ0v) is 12.7. The summed E-state index contributed by atoms with van der Waals surface area (Å²) in [6.45, 7) is 0.548. The maximum atomic E-state index is 13.2. The van der Waals surface area contributed by atoms with E-state index in [0.717, 1.165) is 16.6 Å². The van der Waals surface area contributed by atoms with Crippen molar-refractivity contribution in [2.45, 2.75) is 13.1 Å². The molecule has 0 aliphatic rings. The van der Waals surface area contributed by atoms with Crippen molar-refractivity contribution in [2.24, 2.45) is 0 Å². The lowest BCUT2D eigenvalue weighted by Crippen LogP contribution is -2.29. The second-order valence-electron chi connectivity index (χ2n) is 5.35. The van der Waals surface area contributed by atoms with Crippen molar-refractivity contribution in [3.8, 4) is 0 Å². The van der Waals surface area contributed by atoms with Gasteiger partial charge < -0.3 is 15.0 Å². The van der Waals surface area contributed by atoms with Gasteiger partial charge in [0.25, 0.3) is 5.91 Å². The minimum absolute atomic E-state index is 0.0841. The topological polar surface area (TPSA) is 74.2 Å². The molecular formula is C16H17FN4O2. The Kier molecular flexibility index (Phi) is 4.12. The average Bonchev–Trinajstić information content (AvgIpc) is 3.12. The molecule has 120 valence electrons. The number of halogens is 1. The van der Waals surface area contributed by atoms with Crippen LogP contribution in [-0.4, -0.2) is 44.3 Å². The van der Waals surface area contributed by atoms with E-state index in [-0.39, 0.29) is 24.9 Å². The molecule has 0 saturated heterocycles. The number of nitrogens with zero attached hydrogens (tertiary/aromatic N) is 3. The van der Waals surface area contributed by atoms with Gasteiger partial charge in [-0.15, -0.1) is 0 Å². The Morgan fingerprint density at radius 1 is 1.39 bits per heavy atom. The monoisotopic (exact) mass is 316 g/mol. The van der Waals surface area contributed by atoms with Crippen LogP contribution in [0.25, 0.3) is 10.9 Å². The van der Waals surface area contributed by atoms with Gasteiger partial charge in [-0.2, -0.15) is 5.10 Å². The van der Waals surface area contributed by atoms with E-state index in [1.54, 1.807) is 24.1 Å². The third kappa shape index (κ3) is 3.09. The lowest BCUT2D eigenvalue weighted by atomic mass is 10.2. The minimum atomic E-state index is -0.291. The van der Waals surface area contributed by atoms with Crippen LogP contribution in [0.3, 0.4) is 0 Å². The average molecular weight is 316 g/mol. The normalized spacial score (nSPS) is 11.1. The van der Waals surface area contributed by atoms with Crippen LogP contribution in [0.15, 0.2) is 36.5 Å². The highest BCUT2D eigenvalue weighted by Gasteiger charge is 2.17. The summed E-state index contributed by atoms with van der Waals surface area (Å²) in [6, 6.07) is 7.97. The summed E-state index contributed by atoms with van der Waals surface area (Å²) in [6.07, 6.45) is 1.53. The van der Waals surface area contributed by atoms with Crippen LogP contribution in [0.2, 0.25) is 0 Å². The third-order valence-electron chi connectivity index (χ3n) is 3.64. The number of rotatable bonds is 5. The van der Waals surface area contributed by atoms with E-state index < -0.39 is 0 Å². The van der Waals surface area contributed by atoms with E-state index in [4.69, 9.17) is 5.11 Å². The first-order chi connectivity index (χ1) is 11.1. The molecule has 2 N–H and O–H groups in total. The maximum Gasteiger partial charge on any atom is 0.272 e. The molecule has 0 fully saturated rings. The number of aliphatic hydroxyl groups is 1. The molecule has 0 atom stereocenters. The van der Waals surface area contributed by atoms with Crippen molar-refractivity contribution in [1.82, 2.24) is 19.7 Å². The first-order valence-corrected chi connectivity index (χ1v) is 7.24.